The molecule has 0 amide bonds. The number of carbonyl (C=O) groups excluding carboxylic acids is 1. The lowest BCUT2D eigenvalue weighted by molar-refractivity contribution is -0.109. The molecule has 4 atom stereocenters. The molecule has 0 aliphatic heterocycles. The second kappa shape index (κ2) is 8.76. The second-order valence-corrected chi connectivity index (χ2v) is 16.6. The Bertz CT molecular complexity index is 557. The summed E-state index contributed by atoms with van der Waals surface area (Å²) < 4.78 is 6.95. The summed E-state index contributed by atoms with van der Waals surface area (Å²) in [5.41, 5.74) is 3.28. The molecule has 2 rings (SSSR count). The van der Waals surface area contributed by atoms with Gasteiger partial charge in [0.25, 0.3) is 0 Å². The van der Waals surface area contributed by atoms with Crippen LogP contribution in [0.3, 0.4) is 0 Å². The summed E-state index contributed by atoms with van der Waals surface area (Å²) >= 11 is 0. The van der Waals surface area contributed by atoms with Gasteiger partial charge in [-0.3, -0.25) is 4.79 Å². The normalized spacial score (nSPS) is 33.9. The molecule has 2 nitrogen and oxygen atoms in total. The monoisotopic (exact) mass is 406 g/mol. The highest BCUT2D eigenvalue weighted by Gasteiger charge is 2.54. The first kappa shape index (κ1) is 23.9. The van der Waals surface area contributed by atoms with Crippen molar-refractivity contribution >= 4 is 14.6 Å². The van der Waals surface area contributed by atoms with E-state index in [0.717, 1.165) is 37.7 Å². The Hall–Kier alpha value is -0.413. The average molecular weight is 407 g/mol. The third kappa shape index (κ3) is 3.83. The molecule has 28 heavy (non-hydrogen) atoms. The van der Waals surface area contributed by atoms with Crippen LogP contribution in [0.5, 0.6) is 0 Å². The Morgan fingerprint density at radius 3 is 2.18 bits per heavy atom. The third-order valence-electron chi connectivity index (χ3n) is 9.09. The van der Waals surface area contributed by atoms with Crippen LogP contribution in [0.4, 0.5) is 0 Å². The summed E-state index contributed by atoms with van der Waals surface area (Å²) in [4.78, 5) is 11.8. The van der Waals surface area contributed by atoms with Crippen LogP contribution in [-0.2, 0) is 9.22 Å². The molecule has 0 aromatic rings. The molecule has 0 radical (unpaired) electrons. The van der Waals surface area contributed by atoms with Gasteiger partial charge in [-0.05, 0) is 77.0 Å². The van der Waals surface area contributed by atoms with Crippen molar-refractivity contribution < 1.29 is 9.22 Å². The minimum absolute atomic E-state index is 0.0594. The molecule has 0 unspecified atom stereocenters. The molecule has 0 spiro atoms. The van der Waals surface area contributed by atoms with Crippen molar-refractivity contribution in [2.24, 2.45) is 22.7 Å². The summed E-state index contributed by atoms with van der Waals surface area (Å²) in [6.07, 6.45) is 9.13. The van der Waals surface area contributed by atoms with Crippen LogP contribution in [0.1, 0.15) is 94.4 Å². The molecule has 3 heteroatoms. The molecule has 2 aliphatic carbocycles. The Labute approximate surface area is 176 Å². The van der Waals surface area contributed by atoms with Crippen molar-refractivity contribution in [3.63, 3.8) is 0 Å². The first-order valence-corrected chi connectivity index (χ1v) is 13.9. The quantitative estimate of drug-likeness (QED) is 0.307. The number of carbonyl (C=O) groups is 1. The van der Waals surface area contributed by atoms with E-state index < -0.39 is 8.32 Å². The highest BCUT2D eigenvalue weighted by Crippen LogP contribution is 2.61. The van der Waals surface area contributed by atoms with Crippen LogP contribution < -0.4 is 0 Å². The second-order valence-electron chi connectivity index (χ2n) is 11.2. The van der Waals surface area contributed by atoms with E-state index in [9.17, 15) is 4.79 Å². The molecule has 1 fully saturated rings. The summed E-state index contributed by atoms with van der Waals surface area (Å²) in [5.74, 6) is 1.28. The van der Waals surface area contributed by atoms with Gasteiger partial charge in [0, 0.05) is 6.61 Å². The number of hydrogen-bond donors (Lipinski definition) is 0. The number of hydrogen-bond acceptors (Lipinski definition) is 2. The first-order chi connectivity index (χ1) is 13.0. The van der Waals surface area contributed by atoms with E-state index in [1.807, 2.05) is 0 Å². The van der Waals surface area contributed by atoms with Gasteiger partial charge in [0.2, 0.25) is 0 Å². The largest absolute Gasteiger partial charge is 0.416 e. The Kier molecular flexibility index (Phi) is 7.46. The summed E-state index contributed by atoms with van der Waals surface area (Å²) in [5, 5.41) is 0. The van der Waals surface area contributed by atoms with Gasteiger partial charge in [-0.15, -0.1) is 0 Å². The van der Waals surface area contributed by atoms with Crippen LogP contribution in [0.25, 0.3) is 0 Å². The lowest BCUT2D eigenvalue weighted by atomic mass is 9.47. The van der Waals surface area contributed by atoms with Gasteiger partial charge in [0.05, 0.1) is 0 Å². The Morgan fingerprint density at radius 1 is 1.11 bits per heavy atom. The smallest absolute Gasteiger partial charge is 0.200 e. The van der Waals surface area contributed by atoms with Gasteiger partial charge in [-0.25, -0.2) is 0 Å². The number of rotatable bonds is 8. The van der Waals surface area contributed by atoms with Crippen molar-refractivity contribution in [3.8, 4) is 0 Å². The molecule has 0 heterocycles. The van der Waals surface area contributed by atoms with Crippen molar-refractivity contribution in [2.75, 3.05) is 6.61 Å². The minimum Gasteiger partial charge on any atom is -0.416 e. The van der Waals surface area contributed by atoms with Crippen LogP contribution in [0, 0.1) is 22.7 Å². The maximum Gasteiger partial charge on any atom is 0.200 e. The van der Waals surface area contributed by atoms with Gasteiger partial charge in [0.1, 0.15) is 6.29 Å². The topological polar surface area (TPSA) is 26.3 Å². The van der Waals surface area contributed by atoms with E-state index in [-0.39, 0.29) is 10.8 Å². The molecule has 0 bridgehead atoms. The van der Waals surface area contributed by atoms with Gasteiger partial charge in [-0.1, -0.05) is 68.4 Å². The van der Waals surface area contributed by atoms with Crippen molar-refractivity contribution in [3.05, 3.63) is 11.6 Å². The molecule has 162 valence electrons. The third-order valence-corrected chi connectivity index (χ3v) is 15.2. The number of aldehydes is 1. The van der Waals surface area contributed by atoms with Crippen LogP contribution in [0.2, 0.25) is 16.6 Å². The van der Waals surface area contributed by atoms with Crippen molar-refractivity contribution in [1.82, 2.24) is 0 Å². The lowest BCUT2D eigenvalue weighted by Gasteiger charge is -2.58. The van der Waals surface area contributed by atoms with Gasteiger partial charge >= 0.3 is 0 Å². The fraction of sp³-hybridized carbons (Fsp3) is 0.880. The molecule has 0 N–H and O–H groups in total. The first-order valence-electron chi connectivity index (χ1n) is 11.8. The maximum absolute atomic E-state index is 11.8. The lowest BCUT2D eigenvalue weighted by Crippen LogP contribution is -2.52. The molecule has 2 aliphatic rings. The molecule has 1 saturated carbocycles. The standard InChI is InChI=1S/C25H46O2Si/c1-18(2)28(19(3)4,20(5)6)27-16-15-24(8)21(7)13-14-25(9)22(17-26)11-10-12-23(24)25/h11,17-21,23H,10,12-16H2,1-9H3/t21-,23+,24-,25-/m1/s1. The van der Waals surface area contributed by atoms with Crippen LogP contribution in [-0.4, -0.2) is 21.2 Å². The Balaban J connectivity index is 2.24. The van der Waals surface area contributed by atoms with Crippen molar-refractivity contribution in [1.29, 1.82) is 0 Å². The predicted molar refractivity (Wildman–Crippen MR) is 123 cm³/mol. The van der Waals surface area contributed by atoms with E-state index in [4.69, 9.17) is 4.43 Å². The predicted octanol–water partition coefficient (Wildman–Crippen LogP) is 7.55. The minimum atomic E-state index is -1.82. The molecular weight excluding hydrogens is 360 g/mol. The van der Waals surface area contributed by atoms with Crippen LogP contribution in [0.15, 0.2) is 11.6 Å². The maximum atomic E-state index is 11.8. The van der Waals surface area contributed by atoms with E-state index in [1.54, 1.807) is 0 Å². The van der Waals surface area contributed by atoms with E-state index >= 15 is 0 Å². The fourth-order valence-corrected chi connectivity index (χ4v) is 12.7. The molecule has 0 aromatic carbocycles. The highest BCUT2D eigenvalue weighted by atomic mass is 28.4. The zero-order valence-corrected chi connectivity index (χ0v) is 21.1. The van der Waals surface area contributed by atoms with Gasteiger partial charge < -0.3 is 4.43 Å². The zero-order chi connectivity index (χ0) is 21.3. The molecular formula is C25H46O2Si. The van der Waals surface area contributed by atoms with Crippen LogP contribution >= 0.6 is 0 Å². The average Bonchev–Trinajstić information content (AvgIpc) is 2.61. The zero-order valence-electron chi connectivity index (χ0n) is 20.1. The highest BCUT2D eigenvalue weighted by molar-refractivity contribution is 6.77. The summed E-state index contributed by atoms with van der Waals surface area (Å²) in [6.45, 7) is 22.4. The van der Waals surface area contributed by atoms with E-state index in [2.05, 4.69) is 68.4 Å². The molecule has 0 aromatic heterocycles. The number of allylic oxidation sites excluding steroid dienone is 2. The van der Waals surface area contributed by atoms with E-state index in [0.29, 0.717) is 28.5 Å². The fourth-order valence-electron chi connectivity index (χ4n) is 7.28. The summed E-state index contributed by atoms with van der Waals surface area (Å²) in [6, 6.07) is 0. The SMILES string of the molecule is CC(C)[Si](OCC[C@]1(C)[C@H](C)CC[C@]2(C)C(C=O)=CCC[C@@H]12)(C(C)C)C(C)C. The molecule has 0 saturated heterocycles. The van der Waals surface area contributed by atoms with Crippen molar-refractivity contribution in [2.45, 2.75) is 111 Å². The van der Waals surface area contributed by atoms with E-state index in [1.165, 1.54) is 12.8 Å². The Morgan fingerprint density at radius 2 is 1.68 bits per heavy atom. The number of fused-ring (bicyclic) bond motifs is 1. The van der Waals surface area contributed by atoms with Gasteiger partial charge in [-0.2, -0.15) is 0 Å². The van der Waals surface area contributed by atoms with Gasteiger partial charge in [0.15, 0.2) is 8.32 Å². The summed E-state index contributed by atoms with van der Waals surface area (Å²) in [7, 11) is -1.82.